The first-order chi connectivity index (χ1) is 17.5. The first-order valence-electron chi connectivity index (χ1n) is 11.9. The largest absolute Gasteiger partial charge is 0.489 e. The molecule has 0 radical (unpaired) electrons. The zero-order valence-corrected chi connectivity index (χ0v) is 19.3. The van der Waals surface area contributed by atoms with Crippen molar-refractivity contribution in [2.75, 3.05) is 13.1 Å². The number of nitrogens with one attached hydrogen (secondary N) is 1. The molecule has 3 heterocycles. The first-order valence-corrected chi connectivity index (χ1v) is 11.9. The molecule has 6 rings (SSSR count). The van der Waals surface area contributed by atoms with E-state index in [-0.39, 0.29) is 23.6 Å². The first kappa shape index (κ1) is 22.4. The lowest BCUT2D eigenvalue weighted by molar-refractivity contribution is 0.00158. The van der Waals surface area contributed by atoms with Crippen molar-refractivity contribution < 1.29 is 23.5 Å². The Morgan fingerprint density at radius 2 is 1.97 bits per heavy atom. The van der Waals surface area contributed by atoms with E-state index in [1.54, 1.807) is 30.5 Å². The molecule has 1 N–H and O–H groups in total. The molecule has 2 aromatic carbocycles. The Morgan fingerprint density at radius 3 is 2.64 bits per heavy atom. The third-order valence-corrected chi connectivity index (χ3v) is 7.43. The van der Waals surface area contributed by atoms with Crippen LogP contribution in [-0.4, -0.2) is 29.8 Å². The van der Waals surface area contributed by atoms with E-state index in [1.165, 1.54) is 12.1 Å². The standard InChI is InChI=1S/C28H22FN3O4/c29-22-13-17(14-30)1-2-18(22)15-35-20-5-3-19(4-6-20)27(8-9-27)25(33)24-23-21(7-11-32-24)28(36-26(23)34)10-12-31-16-28/h1-7,11,13,31H,8-10,12,15-16H2. The van der Waals surface area contributed by atoms with Gasteiger partial charge in [0.1, 0.15) is 23.9 Å². The van der Waals surface area contributed by atoms with Crippen molar-refractivity contribution in [2.24, 2.45) is 0 Å². The van der Waals surface area contributed by atoms with Gasteiger partial charge >= 0.3 is 5.97 Å². The zero-order valence-electron chi connectivity index (χ0n) is 19.3. The third-order valence-electron chi connectivity index (χ3n) is 7.43. The quantitative estimate of drug-likeness (QED) is 0.419. The van der Waals surface area contributed by atoms with Crippen LogP contribution in [0.5, 0.6) is 5.75 Å². The van der Waals surface area contributed by atoms with Crippen LogP contribution in [0.15, 0.2) is 54.7 Å². The van der Waals surface area contributed by atoms with Crippen LogP contribution in [0.3, 0.4) is 0 Å². The number of ketones is 1. The second-order valence-corrected chi connectivity index (χ2v) is 9.53. The van der Waals surface area contributed by atoms with Gasteiger partial charge in [-0.1, -0.05) is 18.2 Å². The molecular weight excluding hydrogens is 461 g/mol. The van der Waals surface area contributed by atoms with Crippen molar-refractivity contribution in [1.29, 1.82) is 5.26 Å². The van der Waals surface area contributed by atoms with Gasteiger partial charge < -0.3 is 14.8 Å². The molecule has 8 heteroatoms. The molecule has 2 fully saturated rings. The number of aromatic nitrogens is 1. The minimum absolute atomic E-state index is 0.0136. The number of hydrogen-bond donors (Lipinski definition) is 1. The van der Waals surface area contributed by atoms with Gasteiger partial charge in [0.2, 0.25) is 0 Å². The molecule has 1 aliphatic carbocycles. The van der Waals surface area contributed by atoms with Gasteiger partial charge in [0.25, 0.3) is 0 Å². The predicted octanol–water partition coefficient (Wildman–Crippen LogP) is 3.94. The number of benzene rings is 2. The number of carbonyl (C=O) groups excluding carboxylic acids is 2. The summed E-state index contributed by atoms with van der Waals surface area (Å²) in [5.74, 6) is -0.624. The van der Waals surface area contributed by atoms with Crippen molar-refractivity contribution >= 4 is 11.8 Å². The molecule has 1 atom stereocenters. The highest BCUT2D eigenvalue weighted by molar-refractivity contribution is 6.12. The molecule has 2 aliphatic heterocycles. The molecular formula is C28H22FN3O4. The molecule has 1 spiro atoms. The number of rotatable bonds is 6. The predicted molar refractivity (Wildman–Crippen MR) is 126 cm³/mol. The maximum absolute atomic E-state index is 14.1. The molecule has 36 heavy (non-hydrogen) atoms. The number of esters is 1. The van der Waals surface area contributed by atoms with E-state index >= 15 is 0 Å². The highest BCUT2D eigenvalue weighted by Crippen LogP contribution is 2.52. The topological polar surface area (TPSA) is 101 Å². The minimum atomic E-state index is -0.732. The number of pyridine rings is 1. The van der Waals surface area contributed by atoms with Crippen LogP contribution in [0.4, 0.5) is 4.39 Å². The van der Waals surface area contributed by atoms with Gasteiger partial charge in [-0.3, -0.25) is 9.78 Å². The van der Waals surface area contributed by atoms with Crippen LogP contribution in [0.1, 0.15) is 62.4 Å². The minimum Gasteiger partial charge on any atom is -0.489 e. The fraction of sp³-hybridized carbons (Fsp3) is 0.286. The fourth-order valence-electron chi connectivity index (χ4n) is 5.25. The van der Waals surface area contributed by atoms with Crippen molar-refractivity contribution in [2.45, 2.75) is 36.9 Å². The number of carbonyl (C=O) groups is 2. The molecule has 0 amide bonds. The summed E-state index contributed by atoms with van der Waals surface area (Å²) >= 11 is 0. The van der Waals surface area contributed by atoms with E-state index in [9.17, 15) is 14.0 Å². The van der Waals surface area contributed by atoms with Gasteiger partial charge in [-0.2, -0.15) is 5.26 Å². The van der Waals surface area contributed by atoms with Gasteiger partial charge in [-0.05, 0) is 55.3 Å². The van der Waals surface area contributed by atoms with Crippen LogP contribution in [0.2, 0.25) is 0 Å². The summed E-state index contributed by atoms with van der Waals surface area (Å²) in [5.41, 5.74) is 1.19. The number of nitriles is 1. The second-order valence-electron chi connectivity index (χ2n) is 9.53. The molecule has 1 aromatic heterocycles. The highest BCUT2D eigenvalue weighted by atomic mass is 19.1. The Bertz CT molecular complexity index is 1430. The number of nitrogens with zero attached hydrogens (tertiary/aromatic N) is 2. The number of ether oxygens (including phenoxy) is 2. The Hall–Kier alpha value is -4.09. The van der Waals surface area contributed by atoms with Gasteiger partial charge in [-0.25, -0.2) is 9.18 Å². The van der Waals surface area contributed by atoms with E-state index in [2.05, 4.69) is 10.3 Å². The van der Waals surface area contributed by atoms with Gasteiger partial charge in [0.15, 0.2) is 11.4 Å². The third kappa shape index (κ3) is 3.47. The van der Waals surface area contributed by atoms with Gasteiger partial charge in [0, 0.05) is 30.3 Å². The molecule has 3 aromatic rings. The van der Waals surface area contributed by atoms with Crippen molar-refractivity contribution in [3.05, 3.63) is 94.1 Å². The molecule has 7 nitrogen and oxygen atoms in total. The van der Waals surface area contributed by atoms with Crippen LogP contribution >= 0.6 is 0 Å². The normalized spacial score (nSPS) is 21.1. The molecule has 1 unspecified atom stereocenters. The smallest absolute Gasteiger partial charge is 0.341 e. The summed E-state index contributed by atoms with van der Waals surface area (Å²) in [4.78, 5) is 30.9. The SMILES string of the molecule is N#Cc1ccc(COc2ccc(C3(C(=O)c4nccc5c4C(=O)OC54CCNC4)CC3)cc2)c(F)c1. The van der Waals surface area contributed by atoms with E-state index in [4.69, 9.17) is 14.7 Å². The summed E-state index contributed by atoms with van der Waals surface area (Å²) < 4.78 is 25.6. The monoisotopic (exact) mass is 483 g/mol. The average Bonchev–Trinajstić information content (AvgIpc) is 3.50. The van der Waals surface area contributed by atoms with Crippen LogP contribution in [-0.2, 0) is 22.4 Å². The number of Topliss-reactive ketones (excluding diaryl/α,β-unsaturated/α-hetero) is 1. The lowest BCUT2D eigenvalue weighted by Crippen LogP contribution is -2.29. The summed E-state index contributed by atoms with van der Waals surface area (Å²) in [6.45, 7) is 1.29. The molecule has 1 saturated heterocycles. The number of fused-ring (bicyclic) bond motifs is 2. The van der Waals surface area contributed by atoms with E-state index in [0.29, 0.717) is 42.7 Å². The maximum Gasteiger partial charge on any atom is 0.341 e. The zero-order chi connectivity index (χ0) is 24.9. The number of hydrogen-bond acceptors (Lipinski definition) is 7. The van der Waals surface area contributed by atoms with Gasteiger partial charge in [-0.15, -0.1) is 0 Å². The Morgan fingerprint density at radius 1 is 1.17 bits per heavy atom. The van der Waals surface area contributed by atoms with Crippen molar-refractivity contribution in [3.8, 4) is 11.8 Å². The Labute approximate surface area is 206 Å². The maximum atomic E-state index is 14.1. The fourth-order valence-corrected chi connectivity index (χ4v) is 5.25. The molecule has 1 saturated carbocycles. The number of halogens is 1. The molecule has 3 aliphatic rings. The highest BCUT2D eigenvalue weighted by Gasteiger charge is 2.55. The lowest BCUT2D eigenvalue weighted by Gasteiger charge is -2.21. The summed E-state index contributed by atoms with van der Waals surface area (Å²) in [7, 11) is 0. The second kappa shape index (κ2) is 8.25. The van der Waals surface area contributed by atoms with E-state index in [0.717, 1.165) is 17.7 Å². The van der Waals surface area contributed by atoms with Gasteiger partial charge in [0.05, 0.1) is 22.6 Å². The summed E-state index contributed by atoms with van der Waals surface area (Å²) in [6, 6.07) is 15.1. The van der Waals surface area contributed by atoms with Crippen molar-refractivity contribution in [1.82, 2.24) is 10.3 Å². The van der Waals surface area contributed by atoms with E-state index in [1.807, 2.05) is 18.2 Å². The van der Waals surface area contributed by atoms with Crippen LogP contribution < -0.4 is 10.1 Å². The Balaban J connectivity index is 1.22. The molecule has 180 valence electrons. The average molecular weight is 483 g/mol. The van der Waals surface area contributed by atoms with Crippen molar-refractivity contribution in [3.63, 3.8) is 0 Å². The summed E-state index contributed by atoms with van der Waals surface area (Å²) in [6.07, 6.45) is 3.58. The Kier molecular flexibility index (Phi) is 5.13. The summed E-state index contributed by atoms with van der Waals surface area (Å²) in [5, 5.41) is 12.1. The molecule has 0 bridgehead atoms. The van der Waals surface area contributed by atoms with Crippen LogP contribution in [0.25, 0.3) is 0 Å². The van der Waals surface area contributed by atoms with E-state index < -0.39 is 22.8 Å². The lowest BCUT2D eigenvalue weighted by atomic mass is 9.85. The van der Waals surface area contributed by atoms with Crippen LogP contribution in [0, 0.1) is 17.1 Å².